The van der Waals surface area contributed by atoms with Gasteiger partial charge in [0.25, 0.3) is 0 Å². The number of aromatic nitrogens is 3. The van der Waals surface area contributed by atoms with Crippen LogP contribution in [0.25, 0.3) is 5.69 Å². The van der Waals surface area contributed by atoms with Gasteiger partial charge in [0.05, 0.1) is 18.3 Å². The fourth-order valence-corrected chi connectivity index (χ4v) is 2.45. The Labute approximate surface area is 146 Å². The first-order chi connectivity index (χ1) is 12.3. The molecule has 2 aromatic heterocycles. The van der Waals surface area contributed by atoms with E-state index in [2.05, 4.69) is 44.9 Å². The summed E-state index contributed by atoms with van der Waals surface area (Å²) in [5.41, 5.74) is 2.98. The van der Waals surface area contributed by atoms with Gasteiger partial charge in [-0.3, -0.25) is 0 Å². The van der Waals surface area contributed by atoms with E-state index < -0.39 is 0 Å². The molecule has 7 nitrogen and oxygen atoms in total. The Kier molecular flexibility index (Phi) is 5.46. The third-order valence-corrected chi connectivity index (χ3v) is 3.73. The molecule has 0 aliphatic heterocycles. The number of nitrogens with zero attached hydrogens (tertiary/aromatic N) is 4. The highest BCUT2D eigenvalue weighted by Gasteiger charge is 2.09. The molecule has 3 aromatic rings. The lowest BCUT2D eigenvalue weighted by Crippen LogP contribution is -2.38. The van der Waals surface area contributed by atoms with Crippen LogP contribution in [0.4, 0.5) is 0 Å². The molecule has 0 radical (unpaired) electrons. The zero-order valence-corrected chi connectivity index (χ0v) is 14.4. The number of aliphatic imine (C=N–C) groups is 1. The van der Waals surface area contributed by atoms with Crippen LogP contribution in [0.15, 0.2) is 64.6 Å². The molecule has 0 saturated carbocycles. The Balaban J connectivity index is 1.71. The lowest BCUT2D eigenvalue weighted by atomic mass is 10.1. The normalized spacial score (nSPS) is 12.8. The van der Waals surface area contributed by atoms with E-state index in [4.69, 9.17) is 4.52 Å². The largest absolute Gasteiger partial charge is 0.364 e. The van der Waals surface area contributed by atoms with Crippen LogP contribution in [0.3, 0.4) is 0 Å². The van der Waals surface area contributed by atoms with Crippen LogP contribution in [0, 0.1) is 0 Å². The van der Waals surface area contributed by atoms with E-state index in [9.17, 15) is 0 Å². The zero-order chi connectivity index (χ0) is 17.5. The van der Waals surface area contributed by atoms with Gasteiger partial charge in [0.1, 0.15) is 12.0 Å². The zero-order valence-electron chi connectivity index (χ0n) is 14.4. The number of benzene rings is 1. The van der Waals surface area contributed by atoms with Crippen molar-refractivity contribution in [2.24, 2.45) is 4.99 Å². The van der Waals surface area contributed by atoms with Crippen molar-refractivity contribution in [2.75, 3.05) is 6.54 Å². The van der Waals surface area contributed by atoms with E-state index >= 15 is 0 Å². The Morgan fingerprint density at radius 2 is 2.24 bits per heavy atom. The van der Waals surface area contributed by atoms with Crippen LogP contribution < -0.4 is 10.6 Å². The van der Waals surface area contributed by atoms with Crippen molar-refractivity contribution in [3.05, 3.63) is 66.3 Å². The summed E-state index contributed by atoms with van der Waals surface area (Å²) in [5, 5.41) is 14.8. The Hall–Kier alpha value is -3.09. The van der Waals surface area contributed by atoms with Gasteiger partial charge in [-0.2, -0.15) is 5.10 Å². The topological polar surface area (TPSA) is 80.3 Å². The van der Waals surface area contributed by atoms with Crippen LogP contribution in [-0.4, -0.2) is 27.4 Å². The molecule has 0 amide bonds. The average molecular weight is 338 g/mol. The summed E-state index contributed by atoms with van der Waals surface area (Å²) in [6.07, 6.45) is 5.25. The monoisotopic (exact) mass is 338 g/mol. The van der Waals surface area contributed by atoms with Gasteiger partial charge in [-0.1, -0.05) is 17.3 Å². The minimum atomic E-state index is 0.0885. The molecular formula is C18H22N6O. The highest BCUT2D eigenvalue weighted by atomic mass is 16.5. The van der Waals surface area contributed by atoms with Crippen LogP contribution in [0.5, 0.6) is 0 Å². The third-order valence-electron chi connectivity index (χ3n) is 3.73. The molecule has 1 aromatic carbocycles. The predicted octanol–water partition coefficient (Wildman–Crippen LogP) is 2.68. The smallest absolute Gasteiger partial charge is 0.192 e. The summed E-state index contributed by atoms with van der Waals surface area (Å²) < 4.78 is 6.68. The molecule has 1 unspecified atom stereocenters. The van der Waals surface area contributed by atoms with E-state index in [1.54, 1.807) is 12.5 Å². The summed E-state index contributed by atoms with van der Waals surface area (Å²) in [6.45, 7) is 5.39. The quantitative estimate of drug-likeness (QED) is 0.533. The lowest BCUT2D eigenvalue weighted by Gasteiger charge is -2.18. The van der Waals surface area contributed by atoms with Crippen LogP contribution in [0.1, 0.15) is 31.1 Å². The van der Waals surface area contributed by atoms with Crippen molar-refractivity contribution < 1.29 is 4.52 Å². The second-order valence-corrected chi connectivity index (χ2v) is 5.60. The van der Waals surface area contributed by atoms with Gasteiger partial charge in [0, 0.05) is 25.0 Å². The van der Waals surface area contributed by atoms with Crippen molar-refractivity contribution in [3.8, 4) is 5.69 Å². The average Bonchev–Trinajstić information content (AvgIpc) is 3.33. The second kappa shape index (κ2) is 8.14. The summed E-state index contributed by atoms with van der Waals surface area (Å²) in [5.74, 6) is 0.738. The maximum absolute atomic E-state index is 4.84. The minimum absolute atomic E-state index is 0.0885. The fourth-order valence-electron chi connectivity index (χ4n) is 2.45. The van der Waals surface area contributed by atoms with Gasteiger partial charge in [-0.25, -0.2) is 9.67 Å². The Morgan fingerprint density at radius 1 is 1.32 bits per heavy atom. The maximum Gasteiger partial charge on any atom is 0.192 e. The Bertz CT molecular complexity index is 795. The van der Waals surface area contributed by atoms with Gasteiger partial charge in [-0.15, -0.1) is 0 Å². The van der Waals surface area contributed by atoms with E-state index in [1.165, 1.54) is 0 Å². The Morgan fingerprint density at radius 3 is 2.96 bits per heavy atom. The maximum atomic E-state index is 4.84. The van der Waals surface area contributed by atoms with Gasteiger partial charge in [-0.05, 0) is 37.6 Å². The highest BCUT2D eigenvalue weighted by molar-refractivity contribution is 5.80. The molecule has 0 saturated heterocycles. The van der Waals surface area contributed by atoms with Crippen LogP contribution >= 0.6 is 0 Å². The molecule has 7 heteroatoms. The number of rotatable bonds is 6. The molecule has 1 atom stereocenters. The van der Waals surface area contributed by atoms with Gasteiger partial charge in [0.15, 0.2) is 5.96 Å². The summed E-state index contributed by atoms with van der Waals surface area (Å²) in [6, 6.07) is 12.1. The van der Waals surface area contributed by atoms with Gasteiger partial charge < -0.3 is 15.2 Å². The molecule has 3 rings (SSSR count). The second-order valence-electron chi connectivity index (χ2n) is 5.60. The summed E-state index contributed by atoms with van der Waals surface area (Å²) >= 11 is 0. The fraction of sp³-hybridized carbons (Fsp3) is 0.278. The number of hydrogen-bond acceptors (Lipinski definition) is 4. The third kappa shape index (κ3) is 4.47. The molecule has 25 heavy (non-hydrogen) atoms. The molecule has 0 bridgehead atoms. The molecule has 2 heterocycles. The minimum Gasteiger partial charge on any atom is -0.364 e. The number of hydrogen-bond donors (Lipinski definition) is 2. The SMILES string of the molecule is CCNC(=NCc1ccon1)NC(C)c1cccc(-n2cccn2)c1. The van der Waals surface area contributed by atoms with E-state index in [1.807, 2.05) is 42.1 Å². The standard InChI is InChI=1S/C18H22N6O/c1-3-19-18(20-13-16-8-11-25-23-16)22-14(2)15-6-4-7-17(12-15)24-10-5-9-21-24/h4-12,14H,3,13H2,1-2H3,(H2,19,20,22). The molecule has 130 valence electrons. The van der Waals surface area contributed by atoms with Crippen molar-refractivity contribution in [1.82, 2.24) is 25.6 Å². The van der Waals surface area contributed by atoms with Crippen LogP contribution in [-0.2, 0) is 6.54 Å². The number of guanidine groups is 1. The van der Waals surface area contributed by atoms with Gasteiger partial charge >= 0.3 is 0 Å². The molecule has 0 aliphatic carbocycles. The van der Waals surface area contributed by atoms with E-state index in [0.29, 0.717) is 6.54 Å². The molecular weight excluding hydrogens is 316 g/mol. The van der Waals surface area contributed by atoms with Crippen molar-refractivity contribution >= 4 is 5.96 Å². The first-order valence-electron chi connectivity index (χ1n) is 8.30. The molecule has 2 N–H and O–H groups in total. The lowest BCUT2D eigenvalue weighted by molar-refractivity contribution is 0.412. The van der Waals surface area contributed by atoms with Crippen molar-refractivity contribution in [1.29, 1.82) is 0 Å². The summed E-state index contributed by atoms with van der Waals surface area (Å²) in [4.78, 5) is 4.55. The predicted molar refractivity (Wildman–Crippen MR) is 96.4 cm³/mol. The van der Waals surface area contributed by atoms with Crippen molar-refractivity contribution in [2.45, 2.75) is 26.4 Å². The van der Waals surface area contributed by atoms with Gasteiger partial charge in [0.2, 0.25) is 0 Å². The first kappa shape index (κ1) is 16.8. The molecule has 0 aliphatic rings. The first-order valence-corrected chi connectivity index (χ1v) is 8.30. The van der Waals surface area contributed by atoms with E-state index in [0.717, 1.165) is 29.4 Å². The highest BCUT2D eigenvalue weighted by Crippen LogP contribution is 2.16. The van der Waals surface area contributed by atoms with Crippen LogP contribution in [0.2, 0.25) is 0 Å². The number of nitrogens with one attached hydrogen (secondary N) is 2. The van der Waals surface area contributed by atoms with Crippen molar-refractivity contribution in [3.63, 3.8) is 0 Å². The molecule has 0 spiro atoms. The molecule has 0 fully saturated rings. The summed E-state index contributed by atoms with van der Waals surface area (Å²) in [7, 11) is 0. The van der Waals surface area contributed by atoms with E-state index in [-0.39, 0.29) is 6.04 Å².